The van der Waals surface area contributed by atoms with Crippen LogP contribution in [0.2, 0.25) is 0 Å². The number of benzene rings is 1. The number of aromatic nitrogens is 2. The van der Waals surface area contributed by atoms with Crippen LogP contribution in [-0.4, -0.2) is 23.2 Å². The van der Waals surface area contributed by atoms with E-state index in [0.29, 0.717) is 6.04 Å². The van der Waals surface area contributed by atoms with Crippen LogP contribution in [0.15, 0.2) is 38.2 Å². The van der Waals surface area contributed by atoms with E-state index in [1.165, 1.54) is 17.7 Å². The molecule has 112 valence electrons. The number of thioether (sulfide) groups is 1. The first-order valence-corrected chi connectivity index (χ1v) is 8.89. The lowest BCUT2D eigenvalue weighted by molar-refractivity contribution is 0.349. The van der Waals surface area contributed by atoms with Gasteiger partial charge < -0.3 is 9.84 Å². The van der Waals surface area contributed by atoms with E-state index in [9.17, 15) is 0 Å². The average Bonchev–Trinajstić information content (AvgIpc) is 3.24. The molecule has 4 nitrogen and oxygen atoms in total. The monoisotopic (exact) mass is 367 g/mol. The van der Waals surface area contributed by atoms with E-state index in [-0.39, 0.29) is 0 Å². The summed E-state index contributed by atoms with van der Waals surface area (Å²) < 4.78 is 6.45. The SMILES string of the molecule is CNC(Cc1nc(CSc2ccc(Br)cc2)no1)C1CC1. The lowest BCUT2D eigenvalue weighted by Crippen LogP contribution is -2.29. The summed E-state index contributed by atoms with van der Waals surface area (Å²) in [6.45, 7) is 0. The first-order chi connectivity index (χ1) is 10.2. The van der Waals surface area contributed by atoms with Crippen LogP contribution in [0.4, 0.5) is 0 Å². The summed E-state index contributed by atoms with van der Waals surface area (Å²) in [5.41, 5.74) is 0. The van der Waals surface area contributed by atoms with Gasteiger partial charge in [0.15, 0.2) is 5.82 Å². The highest BCUT2D eigenvalue weighted by molar-refractivity contribution is 9.10. The summed E-state index contributed by atoms with van der Waals surface area (Å²) in [7, 11) is 2.00. The summed E-state index contributed by atoms with van der Waals surface area (Å²) in [4.78, 5) is 5.70. The van der Waals surface area contributed by atoms with Gasteiger partial charge >= 0.3 is 0 Å². The topological polar surface area (TPSA) is 51.0 Å². The summed E-state index contributed by atoms with van der Waals surface area (Å²) in [6, 6.07) is 8.71. The second kappa shape index (κ2) is 6.94. The Bertz CT molecular complexity index is 583. The quantitative estimate of drug-likeness (QED) is 0.756. The summed E-state index contributed by atoms with van der Waals surface area (Å²) in [6.07, 6.45) is 3.45. The smallest absolute Gasteiger partial charge is 0.228 e. The summed E-state index contributed by atoms with van der Waals surface area (Å²) in [5, 5.41) is 7.42. The Hall–Kier alpha value is -0.850. The molecule has 0 saturated heterocycles. The molecule has 0 radical (unpaired) electrons. The molecule has 1 N–H and O–H groups in total. The minimum Gasteiger partial charge on any atom is -0.339 e. The van der Waals surface area contributed by atoms with Gasteiger partial charge in [-0.2, -0.15) is 4.98 Å². The Morgan fingerprint density at radius 2 is 2.14 bits per heavy atom. The molecular weight excluding hydrogens is 350 g/mol. The molecule has 2 aromatic rings. The van der Waals surface area contributed by atoms with Gasteiger partial charge in [0.05, 0.1) is 5.75 Å². The highest BCUT2D eigenvalue weighted by atomic mass is 79.9. The second-order valence-electron chi connectivity index (χ2n) is 5.28. The van der Waals surface area contributed by atoms with E-state index < -0.39 is 0 Å². The molecule has 1 aromatic carbocycles. The Balaban J connectivity index is 1.53. The minimum atomic E-state index is 0.470. The third-order valence-corrected chi connectivity index (χ3v) is 5.18. The van der Waals surface area contributed by atoms with Crippen molar-refractivity contribution in [1.82, 2.24) is 15.5 Å². The number of nitrogens with zero attached hydrogens (tertiary/aromatic N) is 2. The highest BCUT2D eigenvalue weighted by Crippen LogP contribution is 2.33. The van der Waals surface area contributed by atoms with Crippen LogP contribution < -0.4 is 5.32 Å². The van der Waals surface area contributed by atoms with Gasteiger partial charge in [-0.25, -0.2) is 0 Å². The van der Waals surface area contributed by atoms with Crippen LogP contribution in [0, 0.1) is 5.92 Å². The third kappa shape index (κ3) is 4.31. The van der Waals surface area contributed by atoms with Crippen molar-refractivity contribution in [2.45, 2.75) is 36.0 Å². The molecule has 21 heavy (non-hydrogen) atoms. The maximum atomic E-state index is 5.36. The van der Waals surface area contributed by atoms with Gasteiger partial charge in [0.25, 0.3) is 0 Å². The van der Waals surface area contributed by atoms with Gasteiger partial charge in [-0.3, -0.25) is 0 Å². The van der Waals surface area contributed by atoms with Crippen molar-refractivity contribution in [3.8, 4) is 0 Å². The van der Waals surface area contributed by atoms with E-state index in [1.807, 2.05) is 19.2 Å². The van der Waals surface area contributed by atoms with Gasteiger partial charge in [0.1, 0.15) is 0 Å². The van der Waals surface area contributed by atoms with Crippen molar-refractivity contribution < 1.29 is 4.52 Å². The lowest BCUT2D eigenvalue weighted by atomic mass is 10.1. The van der Waals surface area contributed by atoms with Gasteiger partial charge in [-0.1, -0.05) is 21.1 Å². The fourth-order valence-corrected chi connectivity index (χ4v) is 3.31. The normalized spacial score (nSPS) is 16.1. The van der Waals surface area contributed by atoms with E-state index in [0.717, 1.165) is 34.3 Å². The summed E-state index contributed by atoms with van der Waals surface area (Å²) in [5.74, 6) is 3.03. The number of likely N-dealkylation sites (N-methyl/N-ethyl adjacent to an activating group) is 1. The molecule has 1 unspecified atom stereocenters. The third-order valence-electron chi connectivity index (χ3n) is 3.65. The maximum absolute atomic E-state index is 5.36. The fourth-order valence-electron chi connectivity index (χ4n) is 2.30. The van der Waals surface area contributed by atoms with Crippen LogP contribution >= 0.6 is 27.7 Å². The van der Waals surface area contributed by atoms with Crippen molar-refractivity contribution in [3.05, 3.63) is 40.5 Å². The zero-order valence-corrected chi connectivity index (χ0v) is 14.3. The largest absolute Gasteiger partial charge is 0.339 e. The second-order valence-corrected chi connectivity index (χ2v) is 7.25. The number of rotatable bonds is 7. The lowest BCUT2D eigenvalue weighted by Gasteiger charge is -2.11. The van der Waals surface area contributed by atoms with Crippen molar-refractivity contribution >= 4 is 27.7 Å². The van der Waals surface area contributed by atoms with Crippen LogP contribution in [0.25, 0.3) is 0 Å². The molecule has 1 aliphatic carbocycles. The first-order valence-electron chi connectivity index (χ1n) is 7.11. The Morgan fingerprint density at radius 1 is 1.38 bits per heavy atom. The fraction of sp³-hybridized carbons (Fsp3) is 0.467. The van der Waals surface area contributed by atoms with Crippen molar-refractivity contribution in [2.75, 3.05) is 7.05 Å². The number of hydrogen-bond acceptors (Lipinski definition) is 5. The molecule has 3 rings (SSSR count). The van der Waals surface area contributed by atoms with Gasteiger partial charge in [0, 0.05) is 21.8 Å². The number of hydrogen-bond donors (Lipinski definition) is 1. The summed E-state index contributed by atoms with van der Waals surface area (Å²) >= 11 is 5.15. The maximum Gasteiger partial charge on any atom is 0.228 e. The molecule has 0 amide bonds. The van der Waals surface area contributed by atoms with E-state index in [2.05, 4.69) is 43.5 Å². The first kappa shape index (κ1) is 15.1. The van der Waals surface area contributed by atoms with Crippen molar-refractivity contribution in [3.63, 3.8) is 0 Å². The molecule has 1 aliphatic rings. The Labute approximate surface area is 137 Å². The predicted octanol–water partition coefficient (Wildman–Crippen LogP) is 3.66. The zero-order valence-electron chi connectivity index (χ0n) is 11.9. The Kier molecular flexibility index (Phi) is 4.98. The van der Waals surface area contributed by atoms with E-state index in [1.54, 1.807) is 11.8 Å². The zero-order chi connectivity index (χ0) is 14.7. The van der Waals surface area contributed by atoms with Gasteiger partial charge in [-0.05, 0) is 50.1 Å². The van der Waals surface area contributed by atoms with Gasteiger partial charge in [-0.15, -0.1) is 11.8 Å². The standard InChI is InChI=1S/C15H18BrN3OS/c1-17-13(10-2-3-10)8-15-18-14(19-20-15)9-21-12-6-4-11(16)5-7-12/h4-7,10,13,17H,2-3,8-9H2,1H3. The van der Waals surface area contributed by atoms with Crippen molar-refractivity contribution in [2.24, 2.45) is 5.92 Å². The molecule has 1 aromatic heterocycles. The molecule has 1 saturated carbocycles. The van der Waals surface area contributed by atoms with Crippen molar-refractivity contribution in [1.29, 1.82) is 0 Å². The van der Waals surface area contributed by atoms with Gasteiger partial charge in [0.2, 0.25) is 5.89 Å². The molecular formula is C15H18BrN3OS. The minimum absolute atomic E-state index is 0.470. The number of halogens is 1. The molecule has 1 fully saturated rings. The van der Waals surface area contributed by atoms with E-state index in [4.69, 9.17) is 4.52 Å². The highest BCUT2D eigenvalue weighted by Gasteiger charge is 2.31. The predicted molar refractivity (Wildman–Crippen MR) is 87.3 cm³/mol. The average molecular weight is 368 g/mol. The molecule has 1 heterocycles. The molecule has 6 heteroatoms. The number of nitrogens with one attached hydrogen (secondary N) is 1. The molecule has 0 bridgehead atoms. The van der Waals surface area contributed by atoms with Crippen LogP contribution in [0.3, 0.4) is 0 Å². The van der Waals surface area contributed by atoms with Crippen LogP contribution in [0.5, 0.6) is 0 Å². The molecule has 1 atom stereocenters. The van der Waals surface area contributed by atoms with E-state index >= 15 is 0 Å². The van der Waals surface area contributed by atoms with Crippen LogP contribution in [0.1, 0.15) is 24.6 Å². The Morgan fingerprint density at radius 3 is 2.81 bits per heavy atom. The molecule has 0 aliphatic heterocycles. The van der Waals surface area contributed by atoms with Crippen LogP contribution in [-0.2, 0) is 12.2 Å². The molecule has 0 spiro atoms.